The molecule has 1 aliphatic rings. The highest BCUT2D eigenvalue weighted by atomic mass is 35.5. The van der Waals surface area contributed by atoms with Crippen molar-refractivity contribution in [2.45, 2.75) is 17.7 Å². The Bertz CT molecular complexity index is 949. The third-order valence-corrected chi connectivity index (χ3v) is 7.10. The summed E-state index contributed by atoms with van der Waals surface area (Å²) in [4.78, 5) is 16.1. The van der Waals surface area contributed by atoms with E-state index in [-0.39, 0.29) is 23.3 Å². The fraction of sp³-hybridized carbons (Fsp3) is 0.368. The minimum atomic E-state index is -3.52. The molecule has 1 aromatic carbocycles. The first-order valence-electron chi connectivity index (χ1n) is 9.11. The summed E-state index contributed by atoms with van der Waals surface area (Å²) in [6.07, 6.45) is 4.24. The fourth-order valence-electron chi connectivity index (χ4n) is 3.05. The second-order valence-electron chi connectivity index (χ2n) is 6.70. The van der Waals surface area contributed by atoms with Gasteiger partial charge in [-0.3, -0.25) is 9.78 Å². The first-order valence-corrected chi connectivity index (χ1v) is 11.3. The molecule has 1 fully saturated rings. The van der Waals surface area contributed by atoms with E-state index >= 15 is 0 Å². The van der Waals surface area contributed by atoms with Crippen molar-refractivity contribution < 1.29 is 17.9 Å². The number of ether oxygens (including phenoxy) is 1. The number of nitrogens with one attached hydrogen (secondary N) is 1. The summed E-state index contributed by atoms with van der Waals surface area (Å²) in [5.74, 6) is 0.333. The molecule has 1 saturated heterocycles. The number of hydrogen-bond donors (Lipinski definition) is 1. The average Bonchev–Trinajstić information content (AvgIpc) is 2.72. The number of carbonyl (C=O) groups excluding carboxylic acids is 1. The van der Waals surface area contributed by atoms with Crippen molar-refractivity contribution in [2.75, 3.05) is 26.2 Å². The summed E-state index contributed by atoms with van der Waals surface area (Å²) in [7, 11) is -3.52. The Kier molecular flexibility index (Phi) is 7.34. The number of benzene rings is 1. The van der Waals surface area contributed by atoms with Gasteiger partial charge in [-0.2, -0.15) is 4.31 Å². The van der Waals surface area contributed by atoms with Crippen molar-refractivity contribution in [1.29, 1.82) is 0 Å². The van der Waals surface area contributed by atoms with Gasteiger partial charge in [-0.15, -0.1) is 0 Å². The molecule has 0 radical (unpaired) electrons. The Morgan fingerprint density at radius 2 is 2.00 bits per heavy atom. The van der Waals surface area contributed by atoms with Crippen molar-refractivity contribution in [3.8, 4) is 5.75 Å². The van der Waals surface area contributed by atoms with E-state index in [0.29, 0.717) is 48.3 Å². The molecular weight excluding hydrogens is 437 g/mol. The van der Waals surface area contributed by atoms with Crippen LogP contribution in [-0.2, 0) is 14.8 Å². The highest BCUT2D eigenvalue weighted by Crippen LogP contribution is 2.27. The van der Waals surface area contributed by atoms with Gasteiger partial charge >= 0.3 is 0 Å². The summed E-state index contributed by atoms with van der Waals surface area (Å²) >= 11 is 11.8. The highest BCUT2D eigenvalue weighted by Gasteiger charge is 2.29. The molecule has 0 spiro atoms. The van der Waals surface area contributed by atoms with E-state index in [9.17, 15) is 13.2 Å². The summed E-state index contributed by atoms with van der Waals surface area (Å²) in [6.45, 7) is 1.14. The van der Waals surface area contributed by atoms with E-state index in [1.165, 1.54) is 10.5 Å². The van der Waals surface area contributed by atoms with Gasteiger partial charge in [0.2, 0.25) is 10.0 Å². The number of nitrogens with zero attached hydrogens (tertiary/aromatic N) is 2. The van der Waals surface area contributed by atoms with Gasteiger partial charge in [-0.25, -0.2) is 8.42 Å². The Morgan fingerprint density at radius 1 is 1.24 bits per heavy atom. The van der Waals surface area contributed by atoms with Gasteiger partial charge in [0.05, 0.1) is 5.02 Å². The minimum Gasteiger partial charge on any atom is -0.482 e. The smallest absolute Gasteiger partial charge is 0.257 e. The quantitative estimate of drug-likeness (QED) is 0.689. The largest absolute Gasteiger partial charge is 0.482 e. The molecule has 1 N–H and O–H groups in total. The van der Waals surface area contributed by atoms with Crippen LogP contribution in [-0.4, -0.2) is 49.9 Å². The number of amides is 1. The van der Waals surface area contributed by atoms with E-state index in [1.54, 1.807) is 36.5 Å². The second-order valence-corrected chi connectivity index (χ2v) is 9.49. The van der Waals surface area contributed by atoms with Crippen LogP contribution in [0.25, 0.3) is 0 Å². The minimum absolute atomic E-state index is 0.157. The molecule has 2 aromatic rings. The normalized spacial score (nSPS) is 15.8. The van der Waals surface area contributed by atoms with Gasteiger partial charge in [0.1, 0.15) is 10.6 Å². The number of halogens is 2. The van der Waals surface area contributed by atoms with Crippen LogP contribution in [0.1, 0.15) is 12.8 Å². The molecular formula is C19H21Cl2N3O4S. The molecule has 10 heteroatoms. The molecule has 1 amide bonds. The SMILES string of the molecule is O=C(COc1ccc(Cl)cc1Cl)NCC1CCN(S(=O)(=O)c2cccnc2)CC1. The lowest BCUT2D eigenvalue weighted by Crippen LogP contribution is -2.42. The van der Waals surface area contributed by atoms with E-state index in [4.69, 9.17) is 27.9 Å². The molecule has 29 heavy (non-hydrogen) atoms. The van der Waals surface area contributed by atoms with Crippen molar-refractivity contribution in [3.63, 3.8) is 0 Å². The molecule has 2 heterocycles. The lowest BCUT2D eigenvalue weighted by atomic mass is 9.98. The molecule has 156 valence electrons. The Morgan fingerprint density at radius 3 is 2.66 bits per heavy atom. The number of aromatic nitrogens is 1. The fourth-order valence-corrected chi connectivity index (χ4v) is 4.94. The Labute approximate surface area is 180 Å². The van der Waals surface area contributed by atoms with Gasteiger partial charge in [0, 0.05) is 37.1 Å². The van der Waals surface area contributed by atoms with Crippen molar-refractivity contribution in [3.05, 3.63) is 52.8 Å². The third kappa shape index (κ3) is 5.82. The summed E-state index contributed by atoms with van der Waals surface area (Å²) in [6, 6.07) is 7.93. The predicted octanol–water partition coefficient (Wildman–Crippen LogP) is 2.98. The zero-order chi connectivity index (χ0) is 20.9. The summed E-state index contributed by atoms with van der Waals surface area (Å²) < 4.78 is 32.1. The Hall–Kier alpha value is -1.87. The summed E-state index contributed by atoms with van der Waals surface area (Å²) in [5.41, 5.74) is 0. The van der Waals surface area contributed by atoms with Crippen molar-refractivity contribution in [1.82, 2.24) is 14.6 Å². The van der Waals surface area contributed by atoms with Gasteiger partial charge in [-0.1, -0.05) is 23.2 Å². The lowest BCUT2D eigenvalue weighted by molar-refractivity contribution is -0.123. The van der Waals surface area contributed by atoms with Gasteiger partial charge in [0.25, 0.3) is 5.91 Å². The summed E-state index contributed by atoms with van der Waals surface area (Å²) in [5, 5.41) is 3.66. The van der Waals surface area contributed by atoms with Crippen molar-refractivity contribution in [2.24, 2.45) is 5.92 Å². The number of hydrogen-bond acceptors (Lipinski definition) is 5. The van der Waals surface area contributed by atoms with Crippen LogP contribution >= 0.6 is 23.2 Å². The monoisotopic (exact) mass is 457 g/mol. The molecule has 0 saturated carbocycles. The number of rotatable bonds is 7. The second kappa shape index (κ2) is 9.75. The first kappa shape index (κ1) is 21.8. The van der Waals surface area contributed by atoms with Crippen molar-refractivity contribution >= 4 is 39.1 Å². The molecule has 3 rings (SSSR count). The maximum atomic E-state index is 12.6. The number of sulfonamides is 1. The van der Waals surface area contributed by atoms with Crippen LogP contribution in [0.5, 0.6) is 5.75 Å². The molecule has 0 bridgehead atoms. The average molecular weight is 458 g/mol. The maximum absolute atomic E-state index is 12.6. The van der Waals surface area contributed by atoms with Crippen LogP contribution in [0.2, 0.25) is 10.0 Å². The van der Waals surface area contributed by atoms with E-state index in [2.05, 4.69) is 10.3 Å². The number of carbonyl (C=O) groups is 1. The molecule has 1 aromatic heterocycles. The molecule has 1 aliphatic heterocycles. The van der Waals surface area contributed by atoms with Crippen LogP contribution in [0.15, 0.2) is 47.6 Å². The number of pyridine rings is 1. The van der Waals surface area contributed by atoms with E-state index < -0.39 is 10.0 Å². The third-order valence-electron chi connectivity index (χ3n) is 4.69. The van der Waals surface area contributed by atoms with Gasteiger partial charge in [0.15, 0.2) is 6.61 Å². The number of piperidine rings is 1. The topological polar surface area (TPSA) is 88.6 Å². The predicted molar refractivity (Wildman–Crippen MR) is 111 cm³/mol. The molecule has 0 unspecified atom stereocenters. The zero-order valence-corrected chi connectivity index (χ0v) is 17.9. The standard InChI is InChI=1S/C19H21Cl2N3O4S/c20-15-3-4-18(17(21)10-15)28-13-19(25)23-11-14-5-8-24(9-6-14)29(26,27)16-2-1-7-22-12-16/h1-4,7,10,12,14H,5-6,8-9,11,13H2,(H,23,25). The van der Waals surface area contributed by atoms with Crippen LogP contribution in [0, 0.1) is 5.92 Å². The van der Waals surface area contributed by atoms with E-state index in [1.807, 2.05) is 0 Å². The van der Waals surface area contributed by atoms with Crippen LogP contribution in [0.3, 0.4) is 0 Å². The Balaban J connectivity index is 1.42. The zero-order valence-electron chi connectivity index (χ0n) is 15.6. The van der Waals surface area contributed by atoms with Gasteiger partial charge in [-0.05, 0) is 49.1 Å². The first-order chi connectivity index (χ1) is 13.9. The molecule has 0 atom stereocenters. The van der Waals surface area contributed by atoms with Gasteiger partial charge < -0.3 is 10.1 Å². The molecule has 0 aliphatic carbocycles. The maximum Gasteiger partial charge on any atom is 0.257 e. The van der Waals surface area contributed by atoms with E-state index in [0.717, 1.165) is 0 Å². The molecule has 7 nitrogen and oxygen atoms in total. The highest BCUT2D eigenvalue weighted by molar-refractivity contribution is 7.89. The van der Waals surface area contributed by atoms with Crippen LogP contribution < -0.4 is 10.1 Å². The lowest BCUT2D eigenvalue weighted by Gasteiger charge is -2.31. The van der Waals surface area contributed by atoms with Crippen LogP contribution in [0.4, 0.5) is 0 Å².